The van der Waals surface area contributed by atoms with Crippen molar-refractivity contribution < 1.29 is 9.53 Å². The van der Waals surface area contributed by atoms with Gasteiger partial charge in [-0.25, -0.2) is 0 Å². The number of carbonyl (C=O) groups is 1. The molecule has 0 bridgehead atoms. The van der Waals surface area contributed by atoms with Gasteiger partial charge in [-0.1, -0.05) is 0 Å². The van der Waals surface area contributed by atoms with Gasteiger partial charge in [0.15, 0.2) is 0 Å². The van der Waals surface area contributed by atoms with Gasteiger partial charge < -0.3 is 15.4 Å². The van der Waals surface area contributed by atoms with E-state index in [9.17, 15) is 4.79 Å². The highest BCUT2D eigenvalue weighted by Gasteiger charge is 2.29. The molecule has 0 aliphatic carbocycles. The van der Waals surface area contributed by atoms with E-state index in [1.165, 1.54) is 0 Å². The number of hydrogen-bond acceptors (Lipinski definition) is 4. The number of nitrogens with zero attached hydrogens (tertiary/aromatic N) is 1. The Kier molecular flexibility index (Phi) is 3.44. The topological polar surface area (TPSA) is 79.0 Å². The summed E-state index contributed by atoms with van der Waals surface area (Å²) >= 11 is 0. The molecule has 1 amide bonds. The van der Waals surface area contributed by atoms with Gasteiger partial charge in [-0.15, -0.1) is 0 Å². The van der Waals surface area contributed by atoms with Gasteiger partial charge >= 0.3 is 0 Å². The van der Waals surface area contributed by atoms with Crippen molar-refractivity contribution in [2.75, 3.05) is 20.2 Å². The quantitative estimate of drug-likeness (QED) is 0.678. The number of aryl methyl sites for hydroxylation is 2. The van der Waals surface area contributed by atoms with E-state index in [0.717, 1.165) is 24.5 Å². The molecular weight excluding hydrogens is 220 g/mol. The molecule has 3 N–H and O–H groups in total. The number of rotatable bonds is 3. The van der Waals surface area contributed by atoms with Crippen LogP contribution in [0.15, 0.2) is 0 Å². The molecule has 1 aromatic heterocycles. The molecule has 1 saturated heterocycles. The van der Waals surface area contributed by atoms with Crippen molar-refractivity contribution in [3.05, 3.63) is 17.0 Å². The molecule has 1 aliphatic rings. The Bertz CT molecular complexity index is 396. The fourth-order valence-corrected chi connectivity index (χ4v) is 2.17. The lowest BCUT2D eigenvalue weighted by Gasteiger charge is -2.18. The van der Waals surface area contributed by atoms with Crippen LogP contribution in [0, 0.1) is 13.8 Å². The van der Waals surface area contributed by atoms with E-state index in [-0.39, 0.29) is 18.1 Å². The summed E-state index contributed by atoms with van der Waals surface area (Å²) in [6, 6.07) is 0.0150. The molecule has 2 heterocycles. The summed E-state index contributed by atoms with van der Waals surface area (Å²) < 4.78 is 5.30. The summed E-state index contributed by atoms with van der Waals surface area (Å²) in [6.45, 7) is 5.17. The van der Waals surface area contributed by atoms with Crippen molar-refractivity contribution in [3.63, 3.8) is 0 Å². The van der Waals surface area contributed by atoms with Crippen LogP contribution < -0.4 is 10.6 Å². The van der Waals surface area contributed by atoms with E-state index in [4.69, 9.17) is 4.74 Å². The molecule has 1 aromatic rings. The third-order valence-corrected chi connectivity index (χ3v) is 3.13. The van der Waals surface area contributed by atoms with Crippen LogP contribution in [0.25, 0.3) is 0 Å². The molecule has 1 unspecified atom stereocenters. The Balaban J connectivity index is 2.07. The second-order valence-electron chi connectivity index (χ2n) is 4.32. The zero-order chi connectivity index (χ0) is 12.4. The molecule has 17 heavy (non-hydrogen) atoms. The molecule has 0 aromatic carbocycles. The average Bonchev–Trinajstić information content (AvgIpc) is 2.85. The number of hydrogen-bond donors (Lipinski definition) is 3. The molecule has 2 atom stereocenters. The summed E-state index contributed by atoms with van der Waals surface area (Å²) in [5.41, 5.74) is 2.14. The van der Waals surface area contributed by atoms with Crippen molar-refractivity contribution >= 4 is 5.91 Å². The Morgan fingerprint density at radius 1 is 1.47 bits per heavy atom. The Morgan fingerprint density at radius 2 is 2.24 bits per heavy atom. The third-order valence-electron chi connectivity index (χ3n) is 3.13. The zero-order valence-electron chi connectivity index (χ0n) is 10.3. The number of ether oxygens (including phenoxy) is 1. The minimum Gasteiger partial charge on any atom is -0.378 e. The van der Waals surface area contributed by atoms with Gasteiger partial charge in [-0.05, 0) is 13.8 Å². The maximum absolute atomic E-state index is 12.1. The minimum absolute atomic E-state index is 0.0150. The predicted octanol–water partition coefficient (Wildman–Crippen LogP) is -0.257. The van der Waals surface area contributed by atoms with E-state index < -0.39 is 0 Å². The molecule has 6 nitrogen and oxygen atoms in total. The largest absolute Gasteiger partial charge is 0.378 e. The van der Waals surface area contributed by atoms with Crippen LogP contribution in [0.4, 0.5) is 0 Å². The molecule has 1 fully saturated rings. The van der Waals surface area contributed by atoms with Crippen LogP contribution in [-0.2, 0) is 4.74 Å². The summed E-state index contributed by atoms with van der Waals surface area (Å²) in [6.07, 6.45) is 0.0338. The fraction of sp³-hybridized carbons (Fsp3) is 0.636. The molecule has 94 valence electrons. The Morgan fingerprint density at radius 3 is 2.82 bits per heavy atom. The molecule has 0 saturated carbocycles. The summed E-state index contributed by atoms with van der Waals surface area (Å²) in [5, 5.41) is 13.0. The Hall–Kier alpha value is -1.40. The highest BCUT2D eigenvalue weighted by Crippen LogP contribution is 2.11. The number of aromatic amines is 1. The molecule has 0 spiro atoms. The van der Waals surface area contributed by atoms with Crippen LogP contribution in [-0.4, -0.2) is 48.4 Å². The summed E-state index contributed by atoms with van der Waals surface area (Å²) in [5.74, 6) is -0.0931. The fourth-order valence-electron chi connectivity index (χ4n) is 2.17. The van der Waals surface area contributed by atoms with Crippen molar-refractivity contribution in [2.24, 2.45) is 0 Å². The summed E-state index contributed by atoms with van der Waals surface area (Å²) in [4.78, 5) is 12.1. The monoisotopic (exact) mass is 238 g/mol. The van der Waals surface area contributed by atoms with E-state index >= 15 is 0 Å². The molecule has 0 radical (unpaired) electrons. The van der Waals surface area contributed by atoms with Gasteiger partial charge in [0.2, 0.25) is 0 Å². The van der Waals surface area contributed by atoms with Crippen LogP contribution >= 0.6 is 0 Å². The first kappa shape index (κ1) is 12.1. The number of amides is 1. The number of carbonyl (C=O) groups excluding carboxylic acids is 1. The van der Waals surface area contributed by atoms with Crippen LogP contribution in [0.2, 0.25) is 0 Å². The summed E-state index contributed by atoms with van der Waals surface area (Å²) in [7, 11) is 1.66. The maximum atomic E-state index is 12.1. The van der Waals surface area contributed by atoms with E-state index in [0.29, 0.717) is 5.56 Å². The van der Waals surface area contributed by atoms with Crippen LogP contribution in [0.1, 0.15) is 21.7 Å². The average molecular weight is 238 g/mol. The number of methoxy groups -OCH3 is 1. The van der Waals surface area contributed by atoms with Gasteiger partial charge in [0.25, 0.3) is 5.91 Å². The predicted molar refractivity (Wildman–Crippen MR) is 63.0 cm³/mol. The number of H-pyrrole nitrogens is 1. The molecule has 1 aliphatic heterocycles. The SMILES string of the molecule is CO[C@@H]1CNCC1NC(=O)c1c(C)n[nH]c1C. The van der Waals surface area contributed by atoms with Gasteiger partial charge in [-0.3, -0.25) is 9.89 Å². The van der Waals surface area contributed by atoms with Crippen LogP contribution in [0.5, 0.6) is 0 Å². The normalized spacial score (nSPS) is 23.9. The van der Waals surface area contributed by atoms with Crippen LogP contribution in [0.3, 0.4) is 0 Å². The van der Waals surface area contributed by atoms with Gasteiger partial charge in [-0.2, -0.15) is 5.10 Å². The lowest BCUT2D eigenvalue weighted by atomic mass is 10.1. The third kappa shape index (κ3) is 2.32. The van der Waals surface area contributed by atoms with Gasteiger partial charge in [0.05, 0.1) is 23.4 Å². The highest BCUT2D eigenvalue weighted by atomic mass is 16.5. The highest BCUT2D eigenvalue weighted by molar-refractivity contribution is 5.96. The first-order valence-electron chi connectivity index (χ1n) is 5.69. The van der Waals surface area contributed by atoms with E-state index in [1.54, 1.807) is 7.11 Å². The lowest BCUT2D eigenvalue weighted by molar-refractivity contribution is 0.0779. The van der Waals surface area contributed by atoms with Crippen molar-refractivity contribution in [1.29, 1.82) is 0 Å². The van der Waals surface area contributed by atoms with Crippen molar-refractivity contribution in [2.45, 2.75) is 26.0 Å². The van der Waals surface area contributed by atoms with Crippen molar-refractivity contribution in [3.8, 4) is 0 Å². The number of aromatic nitrogens is 2. The zero-order valence-corrected chi connectivity index (χ0v) is 10.3. The Labute approximate surface area is 100 Å². The maximum Gasteiger partial charge on any atom is 0.255 e. The first-order valence-corrected chi connectivity index (χ1v) is 5.69. The molecular formula is C11H18N4O2. The lowest BCUT2D eigenvalue weighted by Crippen LogP contribution is -2.43. The van der Waals surface area contributed by atoms with E-state index in [2.05, 4.69) is 20.8 Å². The smallest absolute Gasteiger partial charge is 0.255 e. The minimum atomic E-state index is -0.0931. The standard InChI is InChI=1S/C11H18N4O2/c1-6-10(7(2)15-14-6)11(16)13-8-4-12-5-9(8)17-3/h8-9,12H,4-5H2,1-3H3,(H,13,16)(H,14,15)/t8?,9-/m1/s1. The molecule has 6 heteroatoms. The van der Waals surface area contributed by atoms with Gasteiger partial charge in [0, 0.05) is 25.9 Å². The van der Waals surface area contributed by atoms with E-state index in [1.807, 2.05) is 13.8 Å². The molecule has 2 rings (SSSR count). The second kappa shape index (κ2) is 4.85. The van der Waals surface area contributed by atoms with Crippen molar-refractivity contribution in [1.82, 2.24) is 20.8 Å². The second-order valence-corrected chi connectivity index (χ2v) is 4.32. The first-order chi connectivity index (χ1) is 8.13. The van der Waals surface area contributed by atoms with Gasteiger partial charge in [0.1, 0.15) is 0 Å². The number of nitrogens with one attached hydrogen (secondary N) is 3.